The highest BCUT2D eigenvalue weighted by Gasteiger charge is 2.24. The smallest absolute Gasteiger partial charge is 0.446 e. The molecule has 1 unspecified atom stereocenters. The van der Waals surface area contributed by atoms with Gasteiger partial charge in [-0.1, -0.05) is 16.9 Å². The van der Waals surface area contributed by atoms with Crippen LogP contribution in [0.5, 0.6) is 0 Å². The number of alkyl halides is 2. The molecule has 18 heteroatoms. The number of rotatable bonds is 9. The number of nitrogens with one attached hydrogen (secondary N) is 1. The molecule has 0 aliphatic heterocycles. The van der Waals surface area contributed by atoms with Gasteiger partial charge in [-0.25, -0.2) is 36.2 Å². The van der Waals surface area contributed by atoms with Crippen LogP contribution < -0.4 is 11.1 Å². The Balaban J connectivity index is 1.43. The Labute approximate surface area is 226 Å². The second-order valence-electron chi connectivity index (χ2n) is 7.84. The minimum atomic E-state index is -3.17. The van der Waals surface area contributed by atoms with E-state index in [0.29, 0.717) is 0 Å². The van der Waals surface area contributed by atoms with Gasteiger partial charge in [0.2, 0.25) is 5.82 Å². The van der Waals surface area contributed by atoms with Crippen LogP contribution in [0.25, 0.3) is 17.2 Å². The van der Waals surface area contributed by atoms with Gasteiger partial charge in [-0.3, -0.25) is 9.32 Å². The maximum Gasteiger partial charge on any atom is 0.446 e. The van der Waals surface area contributed by atoms with Crippen LogP contribution in [0.3, 0.4) is 0 Å². The molecule has 13 nitrogen and oxygen atoms in total. The van der Waals surface area contributed by atoms with Crippen molar-refractivity contribution in [3.63, 3.8) is 0 Å². The van der Waals surface area contributed by atoms with E-state index in [1.54, 1.807) is 0 Å². The summed E-state index contributed by atoms with van der Waals surface area (Å²) in [5, 5.41) is 22.6. The van der Waals surface area contributed by atoms with Crippen LogP contribution >= 0.6 is 11.8 Å². The molecule has 0 aliphatic rings. The SMILES string of the molecule is CS(=O)(=NC(=O)O)c1ccc(C(=O)NCCSc2nonc2-c2noc(=O)n2-c2ccc(F)c(C(F)F)c2)cc1. The van der Waals surface area contributed by atoms with Gasteiger partial charge in [-0.15, -0.1) is 4.36 Å². The van der Waals surface area contributed by atoms with Crippen molar-refractivity contribution in [3.05, 3.63) is 70.0 Å². The largest absolute Gasteiger partial charge is 0.463 e. The zero-order valence-electron chi connectivity index (χ0n) is 20.1. The first kappa shape index (κ1) is 28.6. The minimum Gasteiger partial charge on any atom is -0.463 e. The van der Waals surface area contributed by atoms with Crippen molar-refractivity contribution in [3.8, 4) is 17.2 Å². The second kappa shape index (κ2) is 11.7. The summed E-state index contributed by atoms with van der Waals surface area (Å²) in [6, 6.07) is 8.07. The Bertz CT molecular complexity index is 1740. The van der Waals surface area contributed by atoms with E-state index in [9.17, 15) is 31.8 Å². The van der Waals surface area contributed by atoms with E-state index in [-0.39, 0.29) is 45.0 Å². The van der Waals surface area contributed by atoms with E-state index in [2.05, 4.69) is 29.7 Å². The van der Waals surface area contributed by atoms with Gasteiger partial charge >= 0.3 is 11.8 Å². The predicted molar refractivity (Wildman–Crippen MR) is 133 cm³/mol. The van der Waals surface area contributed by atoms with Gasteiger partial charge in [0.15, 0.2) is 10.7 Å². The third kappa shape index (κ3) is 6.23. The maximum atomic E-state index is 13.7. The third-order valence-corrected chi connectivity index (χ3v) is 7.78. The van der Waals surface area contributed by atoms with Crippen LogP contribution in [-0.2, 0) is 9.73 Å². The Morgan fingerprint density at radius 1 is 1.18 bits per heavy atom. The summed E-state index contributed by atoms with van der Waals surface area (Å²) in [6.45, 7) is 0.123. The molecule has 0 aliphatic carbocycles. The molecule has 2 heterocycles. The topological polar surface area (TPSA) is 183 Å². The summed E-state index contributed by atoms with van der Waals surface area (Å²) in [6.07, 6.45) is -3.54. The fraction of sp³-hybridized carbons (Fsp3) is 0.182. The first-order valence-corrected chi connectivity index (χ1v) is 13.8. The van der Waals surface area contributed by atoms with E-state index < -0.39 is 45.3 Å². The lowest BCUT2D eigenvalue weighted by atomic mass is 10.2. The summed E-state index contributed by atoms with van der Waals surface area (Å²) in [5.41, 5.74) is -0.910. The third-order valence-electron chi connectivity index (χ3n) is 5.18. The monoisotopic (exact) mass is 598 g/mol. The number of amides is 2. The van der Waals surface area contributed by atoms with Crippen LogP contribution in [0.2, 0.25) is 0 Å². The number of nitrogens with zero attached hydrogens (tertiary/aromatic N) is 5. The molecule has 0 radical (unpaired) electrons. The van der Waals surface area contributed by atoms with Crippen LogP contribution in [0.4, 0.5) is 18.0 Å². The molecule has 4 aromatic rings. The van der Waals surface area contributed by atoms with E-state index in [1.165, 1.54) is 30.5 Å². The van der Waals surface area contributed by atoms with Gasteiger partial charge in [0.1, 0.15) is 5.82 Å². The number of carbonyl (C=O) groups is 2. The van der Waals surface area contributed by atoms with E-state index in [1.807, 2.05) is 0 Å². The Kier molecular flexibility index (Phi) is 8.38. The lowest BCUT2D eigenvalue weighted by Crippen LogP contribution is -2.25. The number of hydrogen-bond donors (Lipinski definition) is 2. The number of benzene rings is 2. The number of thioether (sulfide) groups is 1. The molecule has 4 rings (SSSR count). The van der Waals surface area contributed by atoms with Crippen molar-refractivity contribution < 1.29 is 41.2 Å². The molecule has 2 aromatic carbocycles. The average molecular weight is 599 g/mol. The van der Waals surface area contributed by atoms with Crippen LogP contribution in [0.1, 0.15) is 22.3 Å². The summed E-state index contributed by atoms with van der Waals surface area (Å²) < 4.78 is 65.8. The van der Waals surface area contributed by atoms with E-state index in [4.69, 9.17) is 9.74 Å². The standard InChI is InChI=1S/C22H17F3N6O7S2/c1-40(36,30-21(33)34)13-5-2-11(3-6-13)19(32)26-8-9-39-20-16(27-38-29-20)18-28-37-22(35)31(18)12-4-7-15(23)14(10-12)17(24)25/h2-7,10,17H,8-9H2,1H3,(H,26,32)(H,33,34). The molecular weight excluding hydrogens is 581 g/mol. The van der Waals surface area contributed by atoms with Gasteiger partial charge in [0, 0.05) is 29.0 Å². The van der Waals surface area contributed by atoms with E-state index >= 15 is 0 Å². The van der Waals surface area contributed by atoms with Gasteiger partial charge < -0.3 is 10.4 Å². The second-order valence-corrected chi connectivity index (χ2v) is 11.2. The zero-order chi connectivity index (χ0) is 29.0. The first-order valence-electron chi connectivity index (χ1n) is 10.9. The number of halogens is 3. The summed E-state index contributed by atoms with van der Waals surface area (Å²) in [7, 11) is -3.17. The van der Waals surface area contributed by atoms with Gasteiger partial charge in [-0.2, -0.15) is 0 Å². The molecule has 2 aromatic heterocycles. The fourth-order valence-electron chi connectivity index (χ4n) is 3.35. The predicted octanol–water partition coefficient (Wildman–Crippen LogP) is 3.61. The first-order chi connectivity index (χ1) is 19.0. The highest BCUT2D eigenvalue weighted by atomic mass is 32.2. The molecule has 2 N–H and O–H groups in total. The molecule has 0 spiro atoms. The normalized spacial score (nSPS) is 12.7. The van der Waals surface area contributed by atoms with Crippen LogP contribution in [-0.4, -0.2) is 59.9 Å². The number of carboxylic acid groups (broad SMARTS) is 1. The quantitative estimate of drug-likeness (QED) is 0.212. The van der Waals surface area contributed by atoms with Crippen LogP contribution in [0.15, 0.2) is 70.7 Å². The number of hydrogen-bond acceptors (Lipinski definition) is 10. The van der Waals surface area contributed by atoms with Crippen molar-refractivity contribution in [2.75, 3.05) is 18.6 Å². The molecule has 0 fully saturated rings. The highest BCUT2D eigenvalue weighted by Crippen LogP contribution is 2.29. The molecular formula is C22H17F3N6O7S2. The highest BCUT2D eigenvalue weighted by molar-refractivity contribution is 7.99. The number of aromatic nitrogens is 4. The van der Waals surface area contributed by atoms with Crippen LogP contribution in [0, 0.1) is 5.82 Å². The van der Waals surface area contributed by atoms with Crippen molar-refractivity contribution in [1.29, 1.82) is 0 Å². The molecule has 210 valence electrons. The minimum absolute atomic E-state index is 0.0596. The Morgan fingerprint density at radius 2 is 1.90 bits per heavy atom. The number of carbonyl (C=O) groups excluding carboxylic acids is 1. The van der Waals surface area contributed by atoms with Crippen molar-refractivity contribution in [1.82, 2.24) is 25.4 Å². The van der Waals surface area contributed by atoms with Crippen molar-refractivity contribution >= 4 is 33.5 Å². The maximum absolute atomic E-state index is 13.7. The fourth-order valence-corrected chi connectivity index (χ4v) is 5.14. The zero-order valence-corrected chi connectivity index (χ0v) is 21.7. The molecule has 0 saturated heterocycles. The summed E-state index contributed by atoms with van der Waals surface area (Å²) in [5.74, 6) is -2.67. The molecule has 0 saturated carbocycles. The molecule has 2 amide bonds. The van der Waals surface area contributed by atoms with Crippen molar-refractivity contribution in [2.24, 2.45) is 4.36 Å². The molecule has 0 bridgehead atoms. The van der Waals surface area contributed by atoms with E-state index in [0.717, 1.165) is 34.5 Å². The Morgan fingerprint density at radius 3 is 2.58 bits per heavy atom. The van der Waals surface area contributed by atoms with Crippen molar-refractivity contribution in [2.45, 2.75) is 16.3 Å². The lowest BCUT2D eigenvalue weighted by molar-refractivity contribution is 0.0956. The van der Waals surface area contributed by atoms with Gasteiger partial charge in [0.25, 0.3) is 12.3 Å². The van der Waals surface area contributed by atoms with Gasteiger partial charge in [-0.05, 0) is 52.8 Å². The average Bonchev–Trinajstić information content (AvgIpc) is 3.52. The van der Waals surface area contributed by atoms with Gasteiger partial charge in [0.05, 0.1) is 21.0 Å². The molecule has 1 atom stereocenters. The Hall–Kier alpha value is -4.45. The molecule has 40 heavy (non-hydrogen) atoms. The lowest BCUT2D eigenvalue weighted by Gasteiger charge is -2.08. The summed E-state index contributed by atoms with van der Waals surface area (Å²) >= 11 is 1.06. The summed E-state index contributed by atoms with van der Waals surface area (Å²) in [4.78, 5) is 35.6.